The van der Waals surface area contributed by atoms with Gasteiger partial charge in [0.05, 0.1) is 0 Å². The average Bonchev–Trinajstić information content (AvgIpc) is 2.42. The van der Waals surface area contributed by atoms with Gasteiger partial charge in [-0.15, -0.1) is 0 Å². The van der Waals surface area contributed by atoms with Crippen molar-refractivity contribution in [3.8, 4) is 5.88 Å². The van der Waals surface area contributed by atoms with Crippen LogP contribution in [0.15, 0.2) is 42.6 Å². The molecule has 2 aromatic rings. The van der Waals surface area contributed by atoms with Crippen LogP contribution in [0.4, 0.5) is 4.39 Å². The lowest BCUT2D eigenvalue weighted by Gasteiger charge is -2.08. The monoisotopic (exact) mass is 280 g/mol. The van der Waals surface area contributed by atoms with Gasteiger partial charge in [0.25, 0.3) is 0 Å². The third kappa shape index (κ3) is 4.19. The predicted octanol–water partition coefficient (Wildman–Crippen LogP) is 3.04. The van der Waals surface area contributed by atoms with E-state index in [2.05, 4.69) is 10.3 Å². The Bertz CT molecular complexity index is 502. The van der Waals surface area contributed by atoms with E-state index < -0.39 is 0 Å². The summed E-state index contributed by atoms with van der Waals surface area (Å²) in [6, 6.07) is 10.1. The highest BCUT2D eigenvalue weighted by Crippen LogP contribution is 2.18. The molecule has 1 aromatic heterocycles. The highest BCUT2D eigenvalue weighted by atomic mass is 35.5. The molecule has 0 spiro atoms. The van der Waals surface area contributed by atoms with Crippen LogP contribution in [0.2, 0.25) is 5.02 Å². The second-order valence-corrected chi connectivity index (χ2v) is 4.30. The number of halogens is 2. The maximum absolute atomic E-state index is 13.5. The zero-order chi connectivity index (χ0) is 13.5. The quantitative estimate of drug-likeness (QED) is 0.826. The third-order valence-electron chi connectivity index (χ3n) is 2.53. The van der Waals surface area contributed by atoms with E-state index in [-0.39, 0.29) is 5.82 Å². The molecule has 0 aliphatic carbocycles. The van der Waals surface area contributed by atoms with Gasteiger partial charge in [-0.1, -0.05) is 23.7 Å². The number of hydrogen-bond donors (Lipinski definition) is 1. The summed E-state index contributed by atoms with van der Waals surface area (Å²) < 4.78 is 18.9. The highest BCUT2D eigenvalue weighted by molar-refractivity contribution is 6.31. The average molecular weight is 281 g/mol. The van der Waals surface area contributed by atoms with Crippen molar-refractivity contribution in [1.82, 2.24) is 10.3 Å². The van der Waals surface area contributed by atoms with Crippen LogP contribution in [0.1, 0.15) is 5.56 Å². The van der Waals surface area contributed by atoms with Gasteiger partial charge < -0.3 is 10.1 Å². The first-order valence-electron chi connectivity index (χ1n) is 5.95. The molecule has 1 heterocycles. The zero-order valence-electron chi connectivity index (χ0n) is 10.3. The van der Waals surface area contributed by atoms with E-state index in [1.807, 2.05) is 12.1 Å². The van der Waals surface area contributed by atoms with Gasteiger partial charge in [0.2, 0.25) is 5.88 Å². The summed E-state index contributed by atoms with van der Waals surface area (Å²) in [5.41, 5.74) is 0.474. The number of benzene rings is 1. The van der Waals surface area contributed by atoms with E-state index in [1.165, 1.54) is 6.07 Å². The van der Waals surface area contributed by atoms with Crippen molar-refractivity contribution in [3.05, 3.63) is 59.0 Å². The molecule has 0 radical (unpaired) electrons. The summed E-state index contributed by atoms with van der Waals surface area (Å²) >= 11 is 5.92. The van der Waals surface area contributed by atoms with Crippen molar-refractivity contribution in [2.75, 3.05) is 13.2 Å². The van der Waals surface area contributed by atoms with Gasteiger partial charge >= 0.3 is 0 Å². The Kier molecular flexibility index (Phi) is 5.12. The zero-order valence-corrected chi connectivity index (χ0v) is 11.0. The molecule has 2 rings (SSSR count). The molecule has 0 unspecified atom stereocenters. The Morgan fingerprint density at radius 1 is 1.21 bits per heavy atom. The van der Waals surface area contributed by atoms with E-state index in [0.717, 1.165) is 0 Å². The molecule has 1 N–H and O–H groups in total. The fourth-order valence-electron chi connectivity index (χ4n) is 1.57. The van der Waals surface area contributed by atoms with Crippen LogP contribution in [0, 0.1) is 5.82 Å². The number of hydrogen-bond acceptors (Lipinski definition) is 3. The molecule has 0 saturated heterocycles. The van der Waals surface area contributed by atoms with Crippen LogP contribution in [-0.4, -0.2) is 18.1 Å². The van der Waals surface area contributed by atoms with Gasteiger partial charge in [-0.3, -0.25) is 0 Å². The molecule has 1 aromatic carbocycles. The molecule has 19 heavy (non-hydrogen) atoms. The van der Waals surface area contributed by atoms with Crippen molar-refractivity contribution >= 4 is 11.6 Å². The summed E-state index contributed by atoms with van der Waals surface area (Å²) in [5.74, 6) is 0.277. The first-order chi connectivity index (χ1) is 9.27. The molecule has 0 bridgehead atoms. The van der Waals surface area contributed by atoms with Gasteiger partial charge in [-0.05, 0) is 18.2 Å². The summed E-state index contributed by atoms with van der Waals surface area (Å²) in [7, 11) is 0. The van der Waals surface area contributed by atoms with Crippen molar-refractivity contribution in [1.29, 1.82) is 0 Å². The fraction of sp³-hybridized carbons (Fsp3) is 0.214. The molecule has 0 aliphatic heterocycles. The minimum Gasteiger partial charge on any atom is -0.476 e. The summed E-state index contributed by atoms with van der Waals surface area (Å²) in [6.45, 7) is 1.42. The summed E-state index contributed by atoms with van der Waals surface area (Å²) in [4.78, 5) is 4.03. The topological polar surface area (TPSA) is 34.1 Å². The highest BCUT2D eigenvalue weighted by Gasteiger charge is 2.05. The first-order valence-corrected chi connectivity index (χ1v) is 6.32. The van der Waals surface area contributed by atoms with Crippen LogP contribution in [0.3, 0.4) is 0 Å². The molecule has 0 fully saturated rings. The standard InChI is InChI=1S/C14H14ClFN2O/c15-12-4-3-5-13(16)11(12)10-17-8-9-19-14-6-1-2-7-18-14/h1-7,17H,8-10H2. The van der Waals surface area contributed by atoms with Crippen LogP contribution in [-0.2, 0) is 6.54 Å². The molecule has 0 saturated carbocycles. The maximum atomic E-state index is 13.5. The molecule has 0 aliphatic rings. The molecule has 0 amide bonds. The Hall–Kier alpha value is -1.65. The molecule has 3 nitrogen and oxygen atoms in total. The number of aromatic nitrogens is 1. The SMILES string of the molecule is Fc1cccc(Cl)c1CNCCOc1ccccn1. The maximum Gasteiger partial charge on any atom is 0.213 e. The van der Waals surface area contributed by atoms with Gasteiger partial charge in [-0.25, -0.2) is 9.37 Å². The number of nitrogens with one attached hydrogen (secondary N) is 1. The van der Waals surface area contributed by atoms with Crippen LogP contribution < -0.4 is 10.1 Å². The Balaban J connectivity index is 1.73. The summed E-state index contributed by atoms with van der Waals surface area (Å²) in [6.07, 6.45) is 1.67. The molecule has 100 valence electrons. The van der Waals surface area contributed by atoms with E-state index in [4.69, 9.17) is 16.3 Å². The predicted molar refractivity (Wildman–Crippen MR) is 72.8 cm³/mol. The lowest BCUT2D eigenvalue weighted by molar-refractivity contribution is 0.302. The van der Waals surface area contributed by atoms with E-state index >= 15 is 0 Å². The molecule has 0 atom stereocenters. The largest absolute Gasteiger partial charge is 0.476 e. The number of rotatable bonds is 6. The Labute approximate surface area is 116 Å². The van der Waals surface area contributed by atoms with Gasteiger partial charge in [0.15, 0.2) is 0 Å². The minimum absolute atomic E-state index is 0.300. The molecule has 5 heteroatoms. The van der Waals surface area contributed by atoms with Crippen LogP contribution in [0.25, 0.3) is 0 Å². The lowest BCUT2D eigenvalue weighted by Crippen LogP contribution is -2.21. The van der Waals surface area contributed by atoms with Crippen LogP contribution in [0.5, 0.6) is 5.88 Å². The molecular weight excluding hydrogens is 267 g/mol. The lowest BCUT2D eigenvalue weighted by atomic mass is 10.2. The van der Waals surface area contributed by atoms with Crippen molar-refractivity contribution < 1.29 is 9.13 Å². The second kappa shape index (κ2) is 7.07. The van der Waals surface area contributed by atoms with E-state index in [0.29, 0.717) is 36.2 Å². The number of pyridine rings is 1. The smallest absolute Gasteiger partial charge is 0.213 e. The number of ether oxygens (including phenoxy) is 1. The van der Waals surface area contributed by atoms with Gasteiger partial charge in [-0.2, -0.15) is 0 Å². The van der Waals surface area contributed by atoms with Gasteiger partial charge in [0.1, 0.15) is 12.4 Å². The van der Waals surface area contributed by atoms with Gasteiger partial charge in [0, 0.05) is 35.9 Å². The Morgan fingerprint density at radius 3 is 2.84 bits per heavy atom. The van der Waals surface area contributed by atoms with E-state index in [9.17, 15) is 4.39 Å². The number of nitrogens with zero attached hydrogens (tertiary/aromatic N) is 1. The Morgan fingerprint density at radius 2 is 2.11 bits per heavy atom. The fourth-order valence-corrected chi connectivity index (χ4v) is 1.80. The normalized spacial score (nSPS) is 10.4. The first kappa shape index (κ1) is 13.8. The third-order valence-corrected chi connectivity index (χ3v) is 2.88. The van der Waals surface area contributed by atoms with Crippen molar-refractivity contribution in [3.63, 3.8) is 0 Å². The second-order valence-electron chi connectivity index (χ2n) is 3.89. The molecular formula is C14H14ClFN2O. The summed E-state index contributed by atoms with van der Waals surface area (Å²) in [5, 5.41) is 3.51. The van der Waals surface area contributed by atoms with Crippen molar-refractivity contribution in [2.45, 2.75) is 6.54 Å². The van der Waals surface area contributed by atoms with Crippen LogP contribution >= 0.6 is 11.6 Å². The van der Waals surface area contributed by atoms with Crippen molar-refractivity contribution in [2.24, 2.45) is 0 Å². The van der Waals surface area contributed by atoms with E-state index in [1.54, 1.807) is 24.4 Å². The minimum atomic E-state index is -0.300.